The zero-order valence-corrected chi connectivity index (χ0v) is 20.2. The number of pyridine rings is 1. The predicted molar refractivity (Wildman–Crippen MR) is 134 cm³/mol. The third-order valence-electron chi connectivity index (χ3n) is 6.44. The molecule has 0 unspecified atom stereocenters. The van der Waals surface area contributed by atoms with Crippen LogP contribution in [0, 0.1) is 0 Å². The third-order valence-corrected chi connectivity index (χ3v) is 6.44. The summed E-state index contributed by atoms with van der Waals surface area (Å²) in [5, 5.41) is 9.53. The number of nitrogens with one attached hydrogen (secondary N) is 3. The molecular weight excluding hydrogens is 428 g/mol. The number of hydrogen-bond acceptors (Lipinski definition) is 7. The predicted octanol–water partition coefficient (Wildman–Crippen LogP) is 4.26. The lowest BCUT2D eigenvalue weighted by molar-refractivity contribution is 0.0962. The van der Waals surface area contributed by atoms with E-state index in [0.717, 1.165) is 34.9 Å². The first-order chi connectivity index (χ1) is 16.5. The molecule has 8 heteroatoms. The van der Waals surface area contributed by atoms with Gasteiger partial charge in [0.2, 0.25) is 0 Å². The number of methoxy groups -OCH3 is 1. The van der Waals surface area contributed by atoms with E-state index in [9.17, 15) is 4.79 Å². The number of carbonyl (C=O) groups is 1. The maximum Gasteiger partial charge on any atom is 0.251 e. The van der Waals surface area contributed by atoms with Gasteiger partial charge in [-0.25, -0.2) is 15.0 Å². The number of carbonyl (C=O) groups excluding carboxylic acids is 1. The second-order valence-electron chi connectivity index (χ2n) is 8.90. The summed E-state index contributed by atoms with van der Waals surface area (Å²) in [7, 11) is 3.25. The van der Waals surface area contributed by atoms with E-state index in [1.807, 2.05) is 36.5 Å². The Bertz CT molecular complexity index is 1150. The summed E-state index contributed by atoms with van der Waals surface area (Å²) >= 11 is 0. The molecule has 0 saturated heterocycles. The highest BCUT2D eigenvalue weighted by Gasteiger charge is 2.29. The van der Waals surface area contributed by atoms with Crippen LogP contribution in [-0.2, 0) is 5.41 Å². The van der Waals surface area contributed by atoms with E-state index in [1.165, 1.54) is 12.8 Å². The molecule has 0 spiro atoms. The molecule has 2 aromatic heterocycles. The number of anilines is 2. The largest absolute Gasteiger partial charge is 0.496 e. The summed E-state index contributed by atoms with van der Waals surface area (Å²) in [5.74, 6) is 2.20. The lowest BCUT2D eigenvalue weighted by Crippen LogP contribution is -2.31. The number of hydrogen-bond donors (Lipinski definition) is 3. The van der Waals surface area contributed by atoms with Crippen molar-refractivity contribution in [2.75, 3.05) is 31.3 Å². The highest BCUT2D eigenvalue weighted by Crippen LogP contribution is 2.35. The van der Waals surface area contributed by atoms with E-state index in [0.29, 0.717) is 23.9 Å². The van der Waals surface area contributed by atoms with Gasteiger partial charge in [0.05, 0.1) is 12.8 Å². The van der Waals surface area contributed by atoms with Crippen molar-refractivity contribution >= 4 is 17.5 Å². The lowest BCUT2D eigenvalue weighted by atomic mass is 9.79. The molecule has 1 atom stereocenters. The van der Waals surface area contributed by atoms with Gasteiger partial charge >= 0.3 is 0 Å². The highest BCUT2D eigenvalue weighted by molar-refractivity contribution is 5.94. The second-order valence-corrected chi connectivity index (χ2v) is 8.90. The third kappa shape index (κ3) is 5.27. The maximum absolute atomic E-state index is 12.0. The fraction of sp³-hybridized carbons (Fsp3) is 0.385. The van der Waals surface area contributed by atoms with Gasteiger partial charge in [-0.1, -0.05) is 19.9 Å². The summed E-state index contributed by atoms with van der Waals surface area (Å²) in [4.78, 5) is 25.4. The Morgan fingerprint density at radius 1 is 1.12 bits per heavy atom. The molecule has 8 nitrogen and oxygen atoms in total. The van der Waals surface area contributed by atoms with Crippen molar-refractivity contribution in [3.05, 3.63) is 60.0 Å². The average molecular weight is 461 g/mol. The van der Waals surface area contributed by atoms with Crippen molar-refractivity contribution in [1.29, 1.82) is 0 Å². The Morgan fingerprint density at radius 3 is 2.59 bits per heavy atom. The van der Waals surface area contributed by atoms with E-state index in [4.69, 9.17) is 4.74 Å². The topological polar surface area (TPSA) is 101 Å². The van der Waals surface area contributed by atoms with Crippen molar-refractivity contribution < 1.29 is 9.53 Å². The van der Waals surface area contributed by atoms with Crippen molar-refractivity contribution in [3.8, 4) is 17.0 Å². The van der Waals surface area contributed by atoms with Crippen molar-refractivity contribution in [2.24, 2.45) is 0 Å². The smallest absolute Gasteiger partial charge is 0.251 e. The van der Waals surface area contributed by atoms with Crippen LogP contribution >= 0.6 is 0 Å². The van der Waals surface area contributed by atoms with Crippen LogP contribution in [0.5, 0.6) is 5.75 Å². The van der Waals surface area contributed by atoms with Gasteiger partial charge in [-0.15, -0.1) is 0 Å². The molecule has 4 rings (SSSR count). The van der Waals surface area contributed by atoms with Crippen LogP contribution in [-0.4, -0.2) is 47.6 Å². The Balaban J connectivity index is 1.50. The van der Waals surface area contributed by atoms with Crippen molar-refractivity contribution in [2.45, 2.75) is 44.6 Å². The lowest BCUT2D eigenvalue weighted by Gasteiger charge is -2.31. The van der Waals surface area contributed by atoms with Crippen LogP contribution in [0.15, 0.2) is 48.9 Å². The number of benzene rings is 1. The van der Waals surface area contributed by atoms with Gasteiger partial charge in [0, 0.05) is 54.0 Å². The monoisotopic (exact) mass is 460 g/mol. The minimum atomic E-state index is -0.241. The zero-order chi connectivity index (χ0) is 24.1. The second kappa shape index (κ2) is 10.1. The SMILES string of the molecule is CC[C@](C)(CNc1cc(-c2ccc(NC3CC3)nc2)ncn1)c1ccc(C(=O)NC)cc1OC. The number of rotatable bonds is 10. The summed E-state index contributed by atoms with van der Waals surface area (Å²) < 4.78 is 5.65. The van der Waals surface area contributed by atoms with Crippen molar-refractivity contribution in [1.82, 2.24) is 20.3 Å². The molecular formula is C26H32N6O2. The quantitative estimate of drug-likeness (QED) is 0.415. The Kier molecular flexibility index (Phi) is 6.95. The molecule has 1 fully saturated rings. The first kappa shape index (κ1) is 23.5. The van der Waals surface area contributed by atoms with E-state index < -0.39 is 0 Å². The van der Waals surface area contributed by atoms with E-state index >= 15 is 0 Å². The minimum Gasteiger partial charge on any atom is -0.496 e. The van der Waals surface area contributed by atoms with Crippen LogP contribution in [0.3, 0.4) is 0 Å². The van der Waals surface area contributed by atoms with Gasteiger partial charge < -0.3 is 20.7 Å². The van der Waals surface area contributed by atoms with Crippen LogP contribution in [0.4, 0.5) is 11.6 Å². The van der Waals surface area contributed by atoms with Crippen LogP contribution < -0.4 is 20.7 Å². The molecule has 34 heavy (non-hydrogen) atoms. The van der Waals surface area contributed by atoms with Crippen LogP contribution in [0.2, 0.25) is 0 Å². The molecule has 1 aliphatic carbocycles. The summed E-state index contributed by atoms with van der Waals surface area (Å²) in [5.41, 5.74) is 3.12. The van der Waals surface area contributed by atoms with Gasteiger partial charge in [0.1, 0.15) is 23.7 Å². The fourth-order valence-electron chi connectivity index (χ4n) is 3.85. The number of nitrogens with zero attached hydrogens (tertiary/aromatic N) is 3. The summed E-state index contributed by atoms with van der Waals surface area (Å²) in [6.45, 7) is 4.95. The normalized spacial score (nSPS) is 14.7. The number of aromatic nitrogens is 3. The molecule has 178 valence electrons. The molecule has 3 aromatic rings. The number of ether oxygens (including phenoxy) is 1. The molecule has 0 aliphatic heterocycles. The Morgan fingerprint density at radius 2 is 1.94 bits per heavy atom. The molecule has 1 amide bonds. The molecule has 1 saturated carbocycles. The highest BCUT2D eigenvalue weighted by atomic mass is 16.5. The van der Waals surface area contributed by atoms with Crippen LogP contribution in [0.25, 0.3) is 11.3 Å². The van der Waals surface area contributed by atoms with E-state index in [2.05, 4.69) is 44.7 Å². The summed E-state index contributed by atoms with van der Waals surface area (Å²) in [6.07, 6.45) is 6.70. The van der Waals surface area contributed by atoms with Crippen molar-refractivity contribution in [3.63, 3.8) is 0 Å². The average Bonchev–Trinajstić information content (AvgIpc) is 3.71. The Labute approximate surface area is 200 Å². The fourth-order valence-corrected chi connectivity index (χ4v) is 3.85. The van der Waals surface area contributed by atoms with E-state index in [1.54, 1.807) is 26.6 Å². The standard InChI is InChI=1S/C26H32N6O2/c1-5-26(2,20-10-6-17(25(33)27-3)12-22(20)34-4)15-29-24-13-21(30-16-31-24)18-7-11-23(28-14-18)32-19-8-9-19/h6-7,10-14,16,19H,5,8-9,15H2,1-4H3,(H,27,33)(H,28,32)(H,29,30,31)/t26-/m1/s1. The van der Waals surface area contributed by atoms with Gasteiger partial charge in [-0.2, -0.15) is 0 Å². The van der Waals surface area contributed by atoms with Gasteiger partial charge in [-0.3, -0.25) is 4.79 Å². The Hall–Kier alpha value is -3.68. The molecule has 0 radical (unpaired) electrons. The molecule has 1 aliphatic rings. The number of amides is 1. The molecule has 3 N–H and O–H groups in total. The molecule has 2 heterocycles. The maximum atomic E-state index is 12.0. The van der Waals surface area contributed by atoms with Gasteiger partial charge in [-0.05, 0) is 43.5 Å². The molecule has 0 bridgehead atoms. The molecule has 1 aromatic carbocycles. The van der Waals surface area contributed by atoms with Crippen LogP contribution in [0.1, 0.15) is 49.0 Å². The van der Waals surface area contributed by atoms with E-state index in [-0.39, 0.29) is 11.3 Å². The minimum absolute atomic E-state index is 0.138. The van der Waals surface area contributed by atoms with Gasteiger partial charge in [0.15, 0.2) is 0 Å². The zero-order valence-electron chi connectivity index (χ0n) is 20.2. The summed E-state index contributed by atoms with van der Waals surface area (Å²) in [6, 6.07) is 12.1. The van der Waals surface area contributed by atoms with Gasteiger partial charge in [0.25, 0.3) is 5.91 Å². The first-order valence-electron chi connectivity index (χ1n) is 11.6. The first-order valence-corrected chi connectivity index (χ1v) is 11.6.